The summed E-state index contributed by atoms with van der Waals surface area (Å²) in [5, 5.41) is 4.89. The molecule has 0 rings (SSSR count). The molecule has 0 fully saturated rings. The summed E-state index contributed by atoms with van der Waals surface area (Å²) in [6, 6.07) is 0. The van der Waals surface area contributed by atoms with Crippen LogP contribution in [-0.4, -0.2) is 27.4 Å². The van der Waals surface area contributed by atoms with Gasteiger partial charge in [0.15, 0.2) is 0 Å². The van der Waals surface area contributed by atoms with E-state index in [-0.39, 0.29) is 5.75 Å². The Kier molecular flexibility index (Phi) is 10.9. The fourth-order valence-electron chi connectivity index (χ4n) is 1.59. The van der Waals surface area contributed by atoms with Crippen LogP contribution in [0.3, 0.4) is 0 Å². The number of hydrogen-bond acceptors (Lipinski definition) is 3. The van der Waals surface area contributed by atoms with Crippen molar-refractivity contribution in [1.29, 1.82) is 0 Å². The Hall–Kier alpha value is -0.130. The summed E-state index contributed by atoms with van der Waals surface area (Å²) in [4.78, 5) is 0. The second kappa shape index (κ2) is 11.0. The second-order valence-electron chi connectivity index (χ2n) is 4.45. The van der Waals surface area contributed by atoms with Crippen molar-refractivity contribution in [2.24, 2.45) is 5.14 Å². The molecule has 0 aromatic rings. The number of ether oxygens (including phenoxy) is 1. The van der Waals surface area contributed by atoms with Crippen LogP contribution in [0.1, 0.15) is 58.3 Å². The van der Waals surface area contributed by atoms with Crippen LogP contribution in [0.15, 0.2) is 0 Å². The first kappa shape index (κ1) is 16.9. The number of rotatable bonds is 12. The minimum atomic E-state index is -3.29. The largest absolute Gasteiger partial charge is 0.381 e. The maximum absolute atomic E-state index is 10.6. The predicted octanol–water partition coefficient (Wildman–Crippen LogP) is 2.43. The van der Waals surface area contributed by atoms with Gasteiger partial charge in [0.25, 0.3) is 0 Å². The summed E-state index contributed by atoms with van der Waals surface area (Å²) < 4.78 is 26.7. The molecule has 0 aliphatic carbocycles. The van der Waals surface area contributed by atoms with E-state index < -0.39 is 10.0 Å². The Balaban J connectivity index is 3.04. The topological polar surface area (TPSA) is 69.4 Å². The van der Waals surface area contributed by atoms with Crippen molar-refractivity contribution >= 4 is 10.0 Å². The van der Waals surface area contributed by atoms with Crippen molar-refractivity contribution in [2.45, 2.75) is 58.3 Å². The van der Waals surface area contributed by atoms with Gasteiger partial charge in [-0.25, -0.2) is 13.6 Å². The summed E-state index contributed by atoms with van der Waals surface area (Å²) in [5.41, 5.74) is 0. The molecule has 0 radical (unpaired) electrons. The Morgan fingerprint density at radius 1 is 0.882 bits per heavy atom. The molecule has 2 N–H and O–H groups in total. The Bertz CT molecular complexity index is 252. The van der Waals surface area contributed by atoms with Crippen molar-refractivity contribution < 1.29 is 13.2 Å². The molecule has 4 nitrogen and oxygen atoms in total. The monoisotopic (exact) mass is 265 g/mol. The molecular formula is C12H27NO3S. The van der Waals surface area contributed by atoms with Crippen molar-refractivity contribution in [3.8, 4) is 0 Å². The van der Waals surface area contributed by atoms with Gasteiger partial charge in [0.1, 0.15) is 0 Å². The third kappa shape index (κ3) is 15.9. The van der Waals surface area contributed by atoms with Crippen LogP contribution in [0, 0.1) is 0 Å². The molecule has 0 aliphatic rings. The SMILES string of the molecule is CCCCCCCCOCCCCS(N)(=O)=O. The van der Waals surface area contributed by atoms with Gasteiger partial charge in [0.2, 0.25) is 10.0 Å². The highest BCUT2D eigenvalue weighted by atomic mass is 32.2. The first-order valence-electron chi connectivity index (χ1n) is 6.64. The van der Waals surface area contributed by atoms with E-state index in [1.54, 1.807) is 0 Å². The normalized spacial score (nSPS) is 11.9. The highest BCUT2D eigenvalue weighted by Crippen LogP contribution is 2.05. The van der Waals surface area contributed by atoms with E-state index in [2.05, 4.69) is 6.92 Å². The van der Waals surface area contributed by atoms with Gasteiger partial charge in [-0.2, -0.15) is 0 Å². The standard InChI is InChI=1S/C12H27NO3S/c1-2-3-4-5-6-7-10-16-11-8-9-12-17(13,14)15/h2-12H2,1H3,(H2,13,14,15). The molecule has 0 amide bonds. The summed E-state index contributed by atoms with van der Waals surface area (Å²) in [5.74, 6) is 0.0629. The van der Waals surface area contributed by atoms with E-state index in [9.17, 15) is 8.42 Å². The van der Waals surface area contributed by atoms with Crippen LogP contribution in [0.25, 0.3) is 0 Å². The van der Waals surface area contributed by atoms with Crippen LogP contribution < -0.4 is 5.14 Å². The van der Waals surface area contributed by atoms with Crippen LogP contribution in [0.2, 0.25) is 0 Å². The molecule has 104 valence electrons. The zero-order chi connectivity index (χ0) is 13.0. The summed E-state index contributed by atoms with van der Waals surface area (Å²) in [6.07, 6.45) is 8.93. The van der Waals surface area contributed by atoms with E-state index in [0.29, 0.717) is 13.0 Å². The molecule has 0 spiro atoms. The van der Waals surface area contributed by atoms with Crippen molar-refractivity contribution in [2.75, 3.05) is 19.0 Å². The first-order chi connectivity index (χ1) is 8.06. The molecule has 0 aromatic heterocycles. The molecular weight excluding hydrogens is 238 g/mol. The molecule has 0 bridgehead atoms. The van der Waals surface area contributed by atoms with E-state index >= 15 is 0 Å². The van der Waals surface area contributed by atoms with E-state index in [1.165, 1.54) is 32.1 Å². The highest BCUT2D eigenvalue weighted by molar-refractivity contribution is 7.89. The molecule has 0 unspecified atom stereocenters. The lowest BCUT2D eigenvalue weighted by Gasteiger charge is -2.04. The third-order valence-electron chi connectivity index (χ3n) is 2.61. The molecule has 5 heteroatoms. The molecule has 17 heavy (non-hydrogen) atoms. The maximum Gasteiger partial charge on any atom is 0.209 e. The number of hydrogen-bond donors (Lipinski definition) is 1. The lowest BCUT2D eigenvalue weighted by Crippen LogP contribution is -2.16. The van der Waals surface area contributed by atoms with Crippen LogP contribution in [0.5, 0.6) is 0 Å². The van der Waals surface area contributed by atoms with Crippen LogP contribution >= 0.6 is 0 Å². The Morgan fingerprint density at radius 2 is 1.41 bits per heavy atom. The average molecular weight is 265 g/mol. The quantitative estimate of drug-likeness (QED) is 0.551. The smallest absolute Gasteiger partial charge is 0.209 e. The predicted molar refractivity (Wildman–Crippen MR) is 71.4 cm³/mol. The Morgan fingerprint density at radius 3 is 2.00 bits per heavy atom. The van der Waals surface area contributed by atoms with Gasteiger partial charge in [0, 0.05) is 13.2 Å². The third-order valence-corrected chi connectivity index (χ3v) is 3.47. The van der Waals surface area contributed by atoms with E-state index in [4.69, 9.17) is 9.88 Å². The number of nitrogens with two attached hydrogens (primary N) is 1. The van der Waals surface area contributed by atoms with E-state index in [0.717, 1.165) is 19.4 Å². The molecule has 0 aromatic carbocycles. The summed E-state index contributed by atoms with van der Waals surface area (Å²) >= 11 is 0. The van der Waals surface area contributed by atoms with Gasteiger partial charge in [-0.3, -0.25) is 0 Å². The van der Waals surface area contributed by atoms with Crippen LogP contribution in [0.4, 0.5) is 0 Å². The summed E-state index contributed by atoms with van der Waals surface area (Å²) in [7, 11) is -3.29. The molecule has 0 saturated carbocycles. The zero-order valence-electron chi connectivity index (χ0n) is 11.0. The maximum atomic E-state index is 10.6. The van der Waals surface area contributed by atoms with Gasteiger partial charge in [-0.1, -0.05) is 39.0 Å². The van der Waals surface area contributed by atoms with Gasteiger partial charge < -0.3 is 4.74 Å². The van der Waals surface area contributed by atoms with Gasteiger partial charge in [-0.05, 0) is 19.3 Å². The van der Waals surface area contributed by atoms with Gasteiger partial charge in [-0.15, -0.1) is 0 Å². The van der Waals surface area contributed by atoms with Crippen molar-refractivity contribution in [3.63, 3.8) is 0 Å². The van der Waals surface area contributed by atoms with Crippen LogP contribution in [-0.2, 0) is 14.8 Å². The first-order valence-corrected chi connectivity index (χ1v) is 8.36. The molecule has 0 saturated heterocycles. The lowest BCUT2D eigenvalue weighted by molar-refractivity contribution is 0.127. The number of unbranched alkanes of at least 4 members (excludes halogenated alkanes) is 6. The number of primary sulfonamides is 1. The fourth-order valence-corrected chi connectivity index (χ4v) is 2.20. The second-order valence-corrected chi connectivity index (χ2v) is 6.19. The zero-order valence-corrected chi connectivity index (χ0v) is 11.8. The Labute approximate surface area is 106 Å². The minimum Gasteiger partial charge on any atom is -0.381 e. The number of sulfonamides is 1. The lowest BCUT2D eigenvalue weighted by atomic mass is 10.1. The molecule has 0 aliphatic heterocycles. The molecule has 0 heterocycles. The molecule has 0 atom stereocenters. The van der Waals surface area contributed by atoms with Crippen molar-refractivity contribution in [1.82, 2.24) is 0 Å². The fraction of sp³-hybridized carbons (Fsp3) is 1.00. The van der Waals surface area contributed by atoms with Gasteiger partial charge >= 0.3 is 0 Å². The van der Waals surface area contributed by atoms with Crippen molar-refractivity contribution in [3.05, 3.63) is 0 Å². The minimum absolute atomic E-state index is 0.0629. The average Bonchev–Trinajstić information content (AvgIpc) is 2.24. The summed E-state index contributed by atoms with van der Waals surface area (Å²) in [6.45, 7) is 3.65. The van der Waals surface area contributed by atoms with Gasteiger partial charge in [0.05, 0.1) is 5.75 Å². The highest BCUT2D eigenvalue weighted by Gasteiger charge is 2.01. The van der Waals surface area contributed by atoms with E-state index in [1.807, 2.05) is 0 Å².